The number of hydrogen-bond donors (Lipinski definition) is 2. The Bertz CT molecular complexity index is 564. The fourth-order valence-electron chi connectivity index (χ4n) is 2.25. The lowest BCUT2D eigenvalue weighted by Crippen LogP contribution is -2.10. The number of aromatic hydroxyl groups is 1. The molecule has 20 heavy (non-hydrogen) atoms. The van der Waals surface area contributed by atoms with Gasteiger partial charge in [0.05, 0.1) is 13.2 Å². The minimum absolute atomic E-state index is 0.240. The zero-order valence-electron chi connectivity index (χ0n) is 12.2. The molecular weight excluding hydrogens is 250 g/mol. The topological polar surface area (TPSA) is 41.5 Å². The van der Waals surface area contributed by atoms with Gasteiger partial charge in [-0.2, -0.15) is 0 Å². The Morgan fingerprint density at radius 3 is 2.40 bits per heavy atom. The zero-order valence-corrected chi connectivity index (χ0v) is 12.2. The Morgan fingerprint density at radius 1 is 1.15 bits per heavy atom. The first-order chi connectivity index (χ1) is 9.63. The van der Waals surface area contributed by atoms with Crippen LogP contribution < -0.4 is 10.1 Å². The van der Waals surface area contributed by atoms with Crippen LogP contribution in [0.15, 0.2) is 42.5 Å². The lowest BCUT2D eigenvalue weighted by atomic mass is 10.0. The van der Waals surface area contributed by atoms with Crippen LogP contribution in [-0.2, 0) is 0 Å². The van der Waals surface area contributed by atoms with Gasteiger partial charge in [0, 0.05) is 5.69 Å². The first kappa shape index (κ1) is 14.3. The van der Waals surface area contributed by atoms with Gasteiger partial charge in [-0.15, -0.1) is 0 Å². The molecule has 0 aliphatic heterocycles. The second kappa shape index (κ2) is 6.33. The number of aryl methyl sites for hydroxylation is 1. The summed E-state index contributed by atoms with van der Waals surface area (Å²) >= 11 is 0. The average Bonchev–Trinajstić information content (AvgIpc) is 2.47. The van der Waals surface area contributed by atoms with Gasteiger partial charge in [-0.25, -0.2) is 0 Å². The fourth-order valence-corrected chi connectivity index (χ4v) is 2.25. The standard InChI is InChI=1S/C17H21NO2/c1-4-16(13-5-8-15(20-3)9-6-13)18-17-10-7-14(19)11-12(17)2/h5-11,16,18-19H,4H2,1-3H3. The van der Waals surface area contributed by atoms with Crippen LogP contribution >= 0.6 is 0 Å². The molecule has 106 valence electrons. The smallest absolute Gasteiger partial charge is 0.118 e. The number of anilines is 1. The molecular formula is C17H21NO2. The SMILES string of the molecule is CCC(Nc1ccc(O)cc1C)c1ccc(OC)cc1. The highest BCUT2D eigenvalue weighted by molar-refractivity contribution is 5.54. The van der Waals surface area contributed by atoms with Gasteiger partial charge in [-0.3, -0.25) is 0 Å². The molecule has 0 spiro atoms. The summed E-state index contributed by atoms with van der Waals surface area (Å²) in [5.41, 5.74) is 3.31. The first-order valence-electron chi connectivity index (χ1n) is 6.84. The predicted octanol–water partition coefficient (Wildman–Crippen LogP) is 4.27. The number of methoxy groups -OCH3 is 1. The van der Waals surface area contributed by atoms with Gasteiger partial charge in [0.25, 0.3) is 0 Å². The Labute approximate surface area is 120 Å². The fraction of sp³-hybridized carbons (Fsp3) is 0.294. The van der Waals surface area contributed by atoms with E-state index in [1.54, 1.807) is 19.2 Å². The lowest BCUT2D eigenvalue weighted by Gasteiger charge is -2.20. The maximum atomic E-state index is 9.46. The normalized spacial score (nSPS) is 11.9. The van der Waals surface area contributed by atoms with E-state index >= 15 is 0 Å². The molecule has 0 heterocycles. The zero-order chi connectivity index (χ0) is 14.5. The van der Waals surface area contributed by atoms with Gasteiger partial charge in [-0.1, -0.05) is 19.1 Å². The molecule has 2 aromatic rings. The van der Waals surface area contributed by atoms with Gasteiger partial charge >= 0.3 is 0 Å². The highest BCUT2D eigenvalue weighted by Gasteiger charge is 2.10. The molecule has 0 fully saturated rings. The summed E-state index contributed by atoms with van der Waals surface area (Å²) in [6.45, 7) is 4.14. The van der Waals surface area contributed by atoms with Crippen molar-refractivity contribution in [1.29, 1.82) is 0 Å². The maximum absolute atomic E-state index is 9.46. The molecule has 2 rings (SSSR count). The van der Waals surface area contributed by atoms with E-state index in [9.17, 15) is 5.11 Å². The summed E-state index contributed by atoms with van der Waals surface area (Å²) < 4.78 is 5.18. The third-order valence-electron chi connectivity index (χ3n) is 3.47. The number of ether oxygens (including phenoxy) is 1. The van der Waals surface area contributed by atoms with Crippen molar-refractivity contribution in [3.63, 3.8) is 0 Å². The molecule has 0 saturated carbocycles. The predicted molar refractivity (Wildman–Crippen MR) is 82.5 cm³/mol. The van der Waals surface area contributed by atoms with Crippen molar-refractivity contribution in [2.24, 2.45) is 0 Å². The number of nitrogens with one attached hydrogen (secondary N) is 1. The monoisotopic (exact) mass is 271 g/mol. The van der Waals surface area contributed by atoms with Crippen LogP contribution in [0, 0.1) is 6.92 Å². The van der Waals surface area contributed by atoms with E-state index < -0.39 is 0 Å². The molecule has 1 unspecified atom stereocenters. The third kappa shape index (κ3) is 3.23. The van der Waals surface area contributed by atoms with Crippen LogP contribution in [0.25, 0.3) is 0 Å². The van der Waals surface area contributed by atoms with Gasteiger partial charge in [0.2, 0.25) is 0 Å². The van der Waals surface area contributed by atoms with E-state index in [2.05, 4.69) is 24.4 Å². The molecule has 0 bridgehead atoms. The Hall–Kier alpha value is -2.16. The van der Waals surface area contributed by atoms with E-state index in [-0.39, 0.29) is 6.04 Å². The second-order valence-electron chi connectivity index (χ2n) is 4.88. The van der Waals surface area contributed by atoms with E-state index in [4.69, 9.17) is 4.74 Å². The summed E-state index contributed by atoms with van der Waals surface area (Å²) in [7, 11) is 1.67. The van der Waals surface area contributed by atoms with Crippen molar-refractivity contribution in [2.75, 3.05) is 12.4 Å². The van der Waals surface area contributed by atoms with Crippen molar-refractivity contribution in [1.82, 2.24) is 0 Å². The number of phenolic OH excluding ortho intramolecular Hbond substituents is 1. The summed E-state index contributed by atoms with van der Waals surface area (Å²) in [6.07, 6.45) is 0.979. The van der Waals surface area contributed by atoms with E-state index in [1.807, 2.05) is 25.1 Å². The molecule has 0 aliphatic rings. The molecule has 3 nitrogen and oxygen atoms in total. The van der Waals surface area contributed by atoms with Crippen molar-refractivity contribution in [2.45, 2.75) is 26.3 Å². The largest absolute Gasteiger partial charge is 0.508 e. The van der Waals surface area contributed by atoms with E-state index in [0.29, 0.717) is 5.75 Å². The molecule has 2 N–H and O–H groups in total. The maximum Gasteiger partial charge on any atom is 0.118 e. The minimum atomic E-state index is 0.240. The number of benzene rings is 2. The van der Waals surface area contributed by atoms with Crippen LogP contribution in [0.1, 0.15) is 30.5 Å². The Morgan fingerprint density at radius 2 is 1.85 bits per heavy atom. The van der Waals surface area contributed by atoms with Crippen molar-refractivity contribution in [3.05, 3.63) is 53.6 Å². The van der Waals surface area contributed by atoms with Gasteiger partial charge in [-0.05, 0) is 54.8 Å². The molecule has 2 aromatic carbocycles. The van der Waals surface area contributed by atoms with Crippen molar-refractivity contribution >= 4 is 5.69 Å². The molecule has 0 amide bonds. The van der Waals surface area contributed by atoms with Crippen molar-refractivity contribution in [3.8, 4) is 11.5 Å². The quantitative estimate of drug-likeness (QED) is 0.798. The molecule has 0 saturated heterocycles. The Kier molecular flexibility index (Phi) is 4.51. The average molecular weight is 271 g/mol. The molecule has 0 radical (unpaired) electrons. The summed E-state index contributed by atoms with van der Waals surface area (Å²) in [5.74, 6) is 1.16. The summed E-state index contributed by atoms with van der Waals surface area (Å²) in [5, 5.41) is 13.0. The lowest BCUT2D eigenvalue weighted by molar-refractivity contribution is 0.414. The molecule has 0 aromatic heterocycles. The molecule has 3 heteroatoms. The summed E-state index contributed by atoms with van der Waals surface area (Å²) in [6, 6.07) is 13.7. The number of rotatable bonds is 5. The molecule has 1 atom stereocenters. The molecule has 0 aliphatic carbocycles. The van der Waals surface area contributed by atoms with Crippen LogP contribution in [0.2, 0.25) is 0 Å². The van der Waals surface area contributed by atoms with Crippen LogP contribution in [0.3, 0.4) is 0 Å². The Balaban J connectivity index is 2.19. The highest BCUT2D eigenvalue weighted by Crippen LogP contribution is 2.27. The van der Waals surface area contributed by atoms with Crippen LogP contribution in [-0.4, -0.2) is 12.2 Å². The van der Waals surface area contributed by atoms with Crippen molar-refractivity contribution < 1.29 is 9.84 Å². The van der Waals surface area contributed by atoms with Gasteiger partial charge < -0.3 is 15.2 Å². The van der Waals surface area contributed by atoms with Crippen LogP contribution in [0.4, 0.5) is 5.69 Å². The summed E-state index contributed by atoms with van der Waals surface area (Å²) in [4.78, 5) is 0. The highest BCUT2D eigenvalue weighted by atomic mass is 16.5. The van der Waals surface area contributed by atoms with E-state index in [1.165, 1.54) is 5.56 Å². The van der Waals surface area contributed by atoms with E-state index in [0.717, 1.165) is 23.4 Å². The van der Waals surface area contributed by atoms with Gasteiger partial charge in [0.15, 0.2) is 0 Å². The second-order valence-corrected chi connectivity index (χ2v) is 4.88. The first-order valence-corrected chi connectivity index (χ1v) is 6.84. The third-order valence-corrected chi connectivity index (χ3v) is 3.47. The van der Waals surface area contributed by atoms with Gasteiger partial charge in [0.1, 0.15) is 11.5 Å². The van der Waals surface area contributed by atoms with Crippen LogP contribution in [0.5, 0.6) is 11.5 Å². The minimum Gasteiger partial charge on any atom is -0.508 e. The number of phenols is 1. The number of hydrogen-bond acceptors (Lipinski definition) is 3.